The van der Waals surface area contributed by atoms with Gasteiger partial charge in [-0.3, -0.25) is 13.9 Å². The van der Waals surface area contributed by atoms with Crippen LogP contribution in [0.15, 0.2) is 82.2 Å². The molecule has 0 bridgehead atoms. The predicted molar refractivity (Wildman–Crippen MR) is 166 cm³/mol. The Labute approximate surface area is 255 Å². The van der Waals surface area contributed by atoms with E-state index in [-0.39, 0.29) is 23.0 Å². The second-order valence-electron chi connectivity index (χ2n) is 9.36. The standard InChI is InChI=1S/C30H35BrClN3O5S/c1-4-6-18-33-30(37)22(3)34(20-23-8-7-9-25(32)19-23)29(36)21-35(26-12-14-27(15-13-26)40-5-2)41(38,39)28-16-10-24(31)11-17-28/h7-17,19,22H,4-6,18,20-21H2,1-3H3,(H,33,37)/t22-/m1/s1. The number of unbranched alkanes of at least 4 members (excludes halogenated alkanes) is 1. The second-order valence-corrected chi connectivity index (χ2v) is 12.6. The van der Waals surface area contributed by atoms with E-state index in [4.69, 9.17) is 16.3 Å². The molecular formula is C30H35BrClN3O5S. The second kappa shape index (κ2) is 15.2. The first-order valence-electron chi connectivity index (χ1n) is 13.4. The van der Waals surface area contributed by atoms with Crippen molar-refractivity contribution in [3.05, 3.63) is 87.9 Å². The highest BCUT2D eigenvalue weighted by Crippen LogP contribution is 2.27. The first-order chi connectivity index (χ1) is 19.6. The first-order valence-corrected chi connectivity index (χ1v) is 16.0. The Morgan fingerprint density at radius 3 is 2.32 bits per heavy atom. The van der Waals surface area contributed by atoms with Gasteiger partial charge in [-0.1, -0.05) is 53.0 Å². The summed E-state index contributed by atoms with van der Waals surface area (Å²) in [6.45, 7) is 5.98. The molecule has 3 aromatic carbocycles. The zero-order valence-electron chi connectivity index (χ0n) is 23.3. The fourth-order valence-electron chi connectivity index (χ4n) is 4.09. The van der Waals surface area contributed by atoms with Gasteiger partial charge in [0.2, 0.25) is 11.8 Å². The number of carbonyl (C=O) groups is 2. The van der Waals surface area contributed by atoms with E-state index in [0.29, 0.717) is 29.5 Å². The number of benzene rings is 3. The highest BCUT2D eigenvalue weighted by Gasteiger charge is 2.32. The summed E-state index contributed by atoms with van der Waals surface area (Å²) < 4.78 is 35.1. The van der Waals surface area contributed by atoms with Gasteiger partial charge in [-0.05, 0) is 86.5 Å². The minimum Gasteiger partial charge on any atom is -0.494 e. The molecule has 0 aliphatic heterocycles. The number of hydrogen-bond donors (Lipinski definition) is 1. The van der Waals surface area contributed by atoms with Crippen LogP contribution in [0.2, 0.25) is 5.02 Å². The lowest BCUT2D eigenvalue weighted by Gasteiger charge is -2.32. The molecule has 0 radical (unpaired) electrons. The highest BCUT2D eigenvalue weighted by atomic mass is 79.9. The van der Waals surface area contributed by atoms with Crippen molar-refractivity contribution in [3.8, 4) is 5.75 Å². The zero-order valence-corrected chi connectivity index (χ0v) is 26.5. The highest BCUT2D eigenvalue weighted by molar-refractivity contribution is 9.10. The van der Waals surface area contributed by atoms with Crippen LogP contribution in [-0.2, 0) is 26.2 Å². The van der Waals surface area contributed by atoms with Crippen LogP contribution < -0.4 is 14.4 Å². The van der Waals surface area contributed by atoms with Gasteiger partial charge in [-0.25, -0.2) is 8.42 Å². The molecule has 41 heavy (non-hydrogen) atoms. The molecule has 220 valence electrons. The molecule has 0 aliphatic carbocycles. The van der Waals surface area contributed by atoms with Crippen molar-refractivity contribution < 1.29 is 22.7 Å². The minimum absolute atomic E-state index is 0.0223. The van der Waals surface area contributed by atoms with Crippen molar-refractivity contribution in [2.45, 2.75) is 51.1 Å². The van der Waals surface area contributed by atoms with E-state index in [1.165, 1.54) is 17.0 Å². The third kappa shape index (κ3) is 8.95. The molecule has 3 rings (SSSR count). The summed E-state index contributed by atoms with van der Waals surface area (Å²) in [5, 5.41) is 3.36. The van der Waals surface area contributed by atoms with Gasteiger partial charge in [0.05, 0.1) is 17.2 Å². The number of nitrogens with zero attached hydrogens (tertiary/aromatic N) is 2. The molecule has 0 aliphatic rings. The van der Waals surface area contributed by atoms with Crippen molar-refractivity contribution in [2.24, 2.45) is 0 Å². The number of amides is 2. The van der Waals surface area contributed by atoms with E-state index in [1.54, 1.807) is 67.6 Å². The maximum atomic E-state index is 14.0. The SMILES string of the molecule is CCCCNC(=O)[C@@H](C)N(Cc1cccc(Cl)c1)C(=O)CN(c1ccc(OCC)cc1)S(=O)(=O)c1ccc(Br)cc1. The molecular weight excluding hydrogens is 630 g/mol. The van der Waals surface area contributed by atoms with E-state index in [9.17, 15) is 18.0 Å². The van der Waals surface area contributed by atoms with E-state index >= 15 is 0 Å². The smallest absolute Gasteiger partial charge is 0.264 e. The van der Waals surface area contributed by atoms with Gasteiger partial charge in [0.1, 0.15) is 18.3 Å². The molecule has 0 fully saturated rings. The largest absolute Gasteiger partial charge is 0.494 e. The molecule has 0 saturated carbocycles. The molecule has 0 saturated heterocycles. The van der Waals surface area contributed by atoms with Gasteiger partial charge in [0.25, 0.3) is 10.0 Å². The maximum Gasteiger partial charge on any atom is 0.264 e. The fourth-order valence-corrected chi connectivity index (χ4v) is 5.98. The molecule has 8 nitrogen and oxygen atoms in total. The molecule has 1 N–H and O–H groups in total. The third-order valence-corrected chi connectivity index (χ3v) is 8.91. The summed E-state index contributed by atoms with van der Waals surface area (Å²) in [6, 6.07) is 18.8. The van der Waals surface area contributed by atoms with Crippen molar-refractivity contribution in [1.82, 2.24) is 10.2 Å². The minimum atomic E-state index is -4.17. The normalized spacial score (nSPS) is 11.9. The van der Waals surface area contributed by atoms with Crippen LogP contribution >= 0.6 is 27.5 Å². The summed E-state index contributed by atoms with van der Waals surface area (Å²) >= 11 is 9.52. The molecule has 3 aromatic rings. The lowest BCUT2D eigenvalue weighted by Crippen LogP contribution is -2.51. The summed E-state index contributed by atoms with van der Waals surface area (Å²) in [5.41, 5.74) is 0.995. The topological polar surface area (TPSA) is 96.0 Å². The first kappa shape index (κ1) is 32.4. The van der Waals surface area contributed by atoms with E-state index in [1.807, 2.05) is 13.8 Å². The van der Waals surface area contributed by atoms with Crippen LogP contribution in [0.5, 0.6) is 5.75 Å². The third-order valence-electron chi connectivity index (χ3n) is 6.36. The van der Waals surface area contributed by atoms with Crippen LogP contribution in [0, 0.1) is 0 Å². The summed E-state index contributed by atoms with van der Waals surface area (Å²) in [7, 11) is -4.17. The quantitative estimate of drug-likeness (QED) is 0.213. The molecule has 2 amide bonds. The Balaban J connectivity index is 2.00. The number of nitrogens with one attached hydrogen (secondary N) is 1. The number of carbonyl (C=O) groups excluding carboxylic acids is 2. The van der Waals surface area contributed by atoms with E-state index < -0.39 is 28.5 Å². The number of anilines is 1. The van der Waals surface area contributed by atoms with Crippen LogP contribution in [0.3, 0.4) is 0 Å². The Morgan fingerprint density at radius 1 is 1.02 bits per heavy atom. The molecule has 0 spiro atoms. The van der Waals surface area contributed by atoms with Gasteiger partial charge in [0, 0.05) is 22.6 Å². The number of halogens is 2. The summed E-state index contributed by atoms with van der Waals surface area (Å²) in [4.78, 5) is 28.4. The van der Waals surface area contributed by atoms with Crippen LogP contribution in [0.1, 0.15) is 39.2 Å². The van der Waals surface area contributed by atoms with Gasteiger partial charge < -0.3 is 15.0 Å². The zero-order chi connectivity index (χ0) is 30.0. The van der Waals surface area contributed by atoms with E-state index in [0.717, 1.165) is 21.6 Å². The average Bonchev–Trinajstić information content (AvgIpc) is 2.95. The molecule has 0 heterocycles. The average molecular weight is 665 g/mol. The number of hydrogen-bond acceptors (Lipinski definition) is 5. The van der Waals surface area contributed by atoms with Crippen LogP contribution in [-0.4, -0.2) is 50.9 Å². The van der Waals surface area contributed by atoms with Crippen molar-refractivity contribution in [2.75, 3.05) is 24.0 Å². The number of ether oxygens (including phenoxy) is 1. The Morgan fingerprint density at radius 2 is 1.71 bits per heavy atom. The van der Waals surface area contributed by atoms with Gasteiger partial charge in [0.15, 0.2) is 0 Å². The van der Waals surface area contributed by atoms with Gasteiger partial charge >= 0.3 is 0 Å². The van der Waals surface area contributed by atoms with Crippen LogP contribution in [0.25, 0.3) is 0 Å². The lowest BCUT2D eigenvalue weighted by atomic mass is 10.1. The Kier molecular flexibility index (Phi) is 12.1. The molecule has 0 aromatic heterocycles. The van der Waals surface area contributed by atoms with Crippen LogP contribution in [0.4, 0.5) is 5.69 Å². The Hall–Kier alpha value is -3.08. The fraction of sp³-hybridized carbons (Fsp3) is 0.333. The van der Waals surface area contributed by atoms with Crippen molar-refractivity contribution in [3.63, 3.8) is 0 Å². The summed E-state index contributed by atoms with van der Waals surface area (Å²) in [5.74, 6) is -0.293. The predicted octanol–water partition coefficient (Wildman–Crippen LogP) is 6.03. The van der Waals surface area contributed by atoms with Crippen molar-refractivity contribution in [1.29, 1.82) is 0 Å². The van der Waals surface area contributed by atoms with E-state index in [2.05, 4.69) is 21.2 Å². The molecule has 1 atom stereocenters. The van der Waals surface area contributed by atoms with Crippen molar-refractivity contribution >= 4 is 55.1 Å². The summed E-state index contributed by atoms with van der Waals surface area (Å²) in [6.07, 6.45) is 1.71. The van der Waals surface area contributed by atoms with Gasteiger partial charge in [-0.2, -0.15) is 0 Å². The number of rotatable bonds is 14. The monoisotopic (exact) mass is 663 g/mol. The maximum absolute atomic E-state index is 14.0. The number of sulfonamides is 1. The molecule has 11 heteroatoms. The molecule has 0 unspecified atom stereocenters. The lowest BCUT2D eigenvalue weighted by molar-refractivity contribution is -0.139. The Bertz CT molecular complexity index is 1420. The van der Waals surface area contributed by atoms with Gasteiger partial charge in [-0.15, -0.1) is 0 Å².